The van der Waals surface area contributed by atoms with Gasteiger partial charge in [-0.3, -0.25) is 10.1 Å². The third-order valence-electron chi connectivity index (χ3n) is 4.92. The van der Waals surface area contributed by atoms with Gasteiger partial charge in [0.1, 0.15) is 6.61 Å². The number of carbonyl (C=O) groups excluding carboxylic acids is 1. The number of nitro groups is 1. The highest BCUT2D eigenvalue weighted by molar-refractivity contribution is 7.90. The van der Waals surface area contributed by atoms with Crippen LogP contribution in [0.15, 0.2) is 77.7 Å². The molecule has 0 spiro atoms. The average molecular weight is 424 g/mol. The number of carbonyl (C=O) groups is 1. The Balaban J connectivity index is 1.47. The van der Waals surface area contributed by atoms with Crippen LogP contribution in [-0.4, -0.2) is 26.0 Å². The van der Waals surface area contributed by atoms with Crippen molar-refractivity contribution in [1.29, 1.82) is 0 Å². The smallest absolute Gasteiger partial charge is 0.421 e. The Hall–Kier alpha value is -3.72. The van der Waals surface area contributed by atoms with Crippen molar-refractivity contribution < 1.29 is 22.9 Å². The summed E-state index contributed by atoms with van der Waals surface area (Å²) in [4.78, 5) is 21.9. The molecule has 0 aliphatic heterocycles. The Morgan fingerprint density at radius 2 is 1.47 bits per heavy atom. The van der Waals surface area contributed by atoms with Crippen molar-refractivity contribution in [2.24, 2.45) is 0 Å². The van der Waals surface area contributed by atoms with Crippen LogP contribution in [0.4, 0.5) is 10.5 Å². The van der Waals surface area contributed by atoms with Gasteiger partial charge < -0.3 is 4.74 Å². The first-order chi connectivity index (χ1) is 14.4. The van der Waals surface area contributed by atoms with Gasteiger partial charge in [0.25, 0.3) is 15.7 Å². The Morgan fingerprint density at radius 3 is 2.00 bits per heavy atom. The second-order valence-electron chi connectivity index (χ2n) is 6.68. The molecule has 0 unspecified atom stereocenters. The summed E-state index contributed by atoms with van der Waals surface area (Å²) in [6.45, 7) is -0.0321. The number of amides is 1. The molecule has 0 saturated heterocycles. The van der Waals surface area contributed by atoms with Gasteiger partial charge in [-0.2, -0.15) is 0 Å². The van der Waals surface area contributed by atoms with Crippen LogP contribution >= 0.6 is 0 Å². The van der Waals surface area contributed by atoms with Crippen LogP contribution < -0.4 is 4.72 Å². The zero-order valence-corrected chi connectivity index (χ0v) is 16.3. The van der Waals surface area contributed by atoms with E-state index in [9.17, 15) is 23.3 Å². The fraction of sp³-hybridized carbons (Fsp3) is 0.0952. The third-order valence-corrected chi connectivity index (χ3v) is 6.25. The first-order valence-electron chi connectivity index (χ1n) is 8.99. The minimum absolute atomic E-state index is 0.0321. The predicted molar refractivity (Wildman–Crippen MR) is 108 cm³/mol. The van der Waals surface area contributed by atoms with Crippen molar-refractivity contribution in [3.8, 4) is 11.1 Å². The van der Waals surface area contributed by atoms with Crippen LogP contribution in [0.25, 0.3) is 11.1 Å². The quantitative estimate of drug-likeness (QED) is 0.492. The van der Waals surface area contributed by atoms with Gasteiger partial charge in [0.05, 0.1) is 9.82 Å². The predicted octanol–water partition coefficient (Wildman–Crippen LogP) is 3.82. The van der Waals surface area contributed by atoms with Gasteiger partial charge in [0.15, 0.2) is 0 Å². The summed E-state index contributed by atoms with van der Waals surface area (Å²) in [5.74, 6) is -0.203. The van der Waals surface area contributed by atoms with E-state index in [4.69, 9.17) is 4.74 Å². The zero-order valence-electron chi connectivity index (χ0n) is 15.5. The first kappa shape index (κ1) is 19.6. The van der Waals surface area contributed by atoms with E-state index >= 15 is 0 Å². The Morgan fingerprint density at radius 1 is 0.933 bits per heavy atom. The molecule has 0 radical (unpaired) electrons. The van der Waals surface area contributed by atoms with Crippen molar-refractivity contribution in [3.05, 3.63) is 94.0 Å². The Bertz CT molecular complexity index is 1190. The summed E-state index contributed by atoms with van der Waals surface area (Å²) in [6.07, 6.45) is -1.12. The largest absolute Gasteiger partial charge is 0.448 e. The number of sulfonamides is 1. The molecule has 152 valence electrons. The highest BCUT2D eigenvalue weighted by Crippen LogP contribution is 2.44. The minimum Gasteiger partial charge on any atom is -0.448 e. The van der Waals surface area contributed by atoms with E-state index in [1.54, 1.807) is 0 Å². The molecule has 8 nitrogen and oxygen atoms in total. The summed E-state index contributed by atoms with van der Waals surface area (Å²) in [5, 5.41) is 10.7. The average Bonchev–Trinajstić information content (AvgIpc) is 3.06. The molecule has 0 aromatic heterocycles. The van der Waals surface area contributed by atoms with Crippen LogP contribution in [0.1, 0.15) is 17.0 Å². The lowest BCUT2D eigenvalue weighted by Gasteiger charge is -2.14. The second kappa shape index (κ2) is 7.60. The van der Waals surface area contributed by atoms with Crippen LogP contribution in [0.2, 0.25) is 0 Å². The maximum absolute atomic E-state index is 12.3. The number of non-ortho nitro benzene ring substituents is 1. The van der Waals surface area contributed by atoms with Crippen LogP contribution in [-0.2, 0) is 14.8 Å². The highest BCUT2D eigenvalue weighted by Gasteiger charge is 2.29. The van der Waals surface area contributed by atoms with E-state index in [0.29, 0.717) is 0 Å². The highest BCUT2D eigenvalue weighted by atomic mass is 32.2. The van der Waals surface area contributed by atoms with E-state index in [0.717, 1.165) is 46.5 Å². The number of nitrogens with one attached hydrogen (secondary N) is 1. The molecule has 0 atom stereocenters. The van der Waals surface area contributed by atoms with Gasteiger partial charge in [-0.05, 0) is 34.4 Å². The minimum atomic E-state index is -4.22. The lowest BCUT2D eigenvalue weighted by Crippen LogP contribution is -2.32. The number of nitrogens with zero attached hydrogens (tertiary/aromatic N) is 1. The molecule has 1 N–H and O–H groups in total. The first-order valence-corrected chi connectivity index (χ1v) is 10.5. The Kier molecular flexibility index (Phi) is 4.96. The SMILES string of the molecule is O=C(NS(=O)(=O)c1ccc([N+](=O)[O-])cc1)OCC1c2ccccc2-c2ccccc21. The number of hydrogen-bond acceptors (Lipinski definition) is 6. The second-order valence-corrected chi connectivity index (χ2v) is 8.36. The van der Waals surface area contributed by atoms with E-state index in [2.05, 4.69) is 0 Å². The number of benzene rings is 3. The molecule has 0 saturated carbocycles. The molecule has 4 rings (SSSR count). The number of nitro benzene ring substituents is 1. The van der Waals surface area contributed by atoms with Crippen LogP contribution in [0.5, 0.6) is 0 Å². The van der Waals surface area contributed by atoms with Crippen LogP contribution in [0.3, 0.4) is 0 Å². The lowest BCUT2D eigenvalue weighted by molar-refractivity contribution is -0.384. The summed E-state index contributed by atoms with van der Waals surface area (Å²) in [7, 11) is -4.22. The molecule has 0 fully saturated rings. The molecule has 0 bridgehead atoms. The molecule has 0 heterocycles. The van der Waals surface area contributed by atoms with Crippen molar-refractivity contribution in [2.75, 3.05) is 6.61 Å². The molecule has 1 aliphatic carbocycles. The van der Waals surface area contributed by atoms with E-state index < -0.39 is 21.0 Å². The van der Waals surface area contributed by atoms with Crippen molar-refractivity contribution in [1.82, 2.24) is 4.72 Å². The fourth-order valence-corrected chi connectivity index (χ4v) is 4.43. The number of rotatable bonds is 5. The van der Waals surface area contributed by atoms with Gasteiger partial charge >= 0.3 is 6.09 Å². The number of ether oxygens (including phenoxy) is 1. The standard InChI is InChI=1S/C21H16N2O6S/c24-21(22-30(27,28)15-11-9-14(10-12-15)23(25)26)29-13-20-18-7-3-1-5-16(18)17-6-2-4-8-19(17)20/h1-12,20H,13H2,(H,22,24). The fourth-order valence-electron chi connectivity index (χ4n) is 3.54. The molecular weight excluding hydrogens is 408 g/mol. The number of hydrogen-bond donors (Lipinski definition) is 1. The van der Waals surface area contributed by atoms with Crippen molar-refractivity contribution >= 4 is 21.8 Å². The normalized spacial score (nSPS) is 12.7. The molecule has 3 aromatic rings. The van der Waals surface area contributed by atoms with Gasteiger partial charge in [0, 0.05) is 18.1 Å². The maximum Gasteiger partial charge on any atom is 0.421 e. The van der Waals surface area contributed by atoms with E-state index in [1.165, 1.54) is 0 Å². The van der Waals surface area contributed by atoms with Gasteiger partial charge in [-0.1, -0.05) is 48.5 Å². The monoisotopic (exact) mass is 424 g/mol. The van der Waals surface area contributed by atoms with E-state index in [1.807, 2.05) is 53.3 Å². The van der Waals surface area contributed by atoms with Crippen LogP contribution in [0, 0.1) is 10.1 Å². The molecule has 30 heavy (non-hydrogen) atoms. The van der Waals surface area contributed by atoms with Gasteiger partial charge in [-0.25, -0.2) is 17.9 Å². The Labute approximate surface area is 172 Å². The van der Waals surface area contributed by atoms with E-state index in [-0.39, 0.29) is 23.1 Å². The molecule has 3 aromatic carbocycles. The summed E-state index contributed by atoms with van der Waals surface area (Å²) in [6, 6.07) is 19.8. The number of fused-ring (bicyclic) bond motifs is 3. The molecule has 1 aliphatic rings. The topological polar surface area (TPSA) is 116 Å². The summed E-state index contributed by atoms with van der Waals surface area (Å²) in [5.41, 5.74) is 3.87. The lowest BCUT2D eigenvalue weighted by atomic mass is 9.98. The molecule has 9 heteroatoms. The summed E-state index contributed by atoms with van der Waals surface area (Å²) >= 11 is 0. The van der Waals surface area contributed by atoms with Gasteiger partial charge in [-0.15, -0.1) is 0 Å². The zero-order chi connectivity index (χ0) is 21.3. The molecule has 1 amide bonds. The maximum atomic E-state index is 12.3. The summed E-state index contributed by atoms with van der Waals surface area (Å²) < 4.78 is 31.7. The van der Waals surface area contributed by atoms with Gasteiger partial charge in [0.2, 0.25) is 0 Å². The van der Waals surface area contributed by atoms with Crippen molar-refractivity contribution in [3.63, 3.8) is 0 Å². The van der Waals surface area contributed by atoms with Crippen molar-refractivity contribution in [2.45, 2.75) is 10.8 Å². The third kappa shape index (κ3) is 3.62. The molecular formula is C21H16N2O6S.